The fraction of sp³-hybridized carbons (Fsp3) is 0.900. The standard InChI is InChI=1S/C10H18N2O/c1-8-6-11(9(2)13)7-10-4-3-5-12(8)10/h8,10H,3-7H2,1-2H3. The van der Waals surface area contributed by atoms with Gasteiger partial charge in [-0.05, 0) is 26.3 Å². The van der Waals surface area contributed by atoms with E-state index in [1.807, 2.05) is 4.90 Å². The van der Waals surface area contributed by atoms with E-state index in [4.69, 9.17) is 0 Å². The number of hydrogen-bond acceptors (Lipinski definition) is 2. The van der Waals surface area contributed by atoms with Crippen molar-refractivity contribution < 1.29 is 4.79 Å². The van der Waals surface area contributed by atoms with Crippen LogP contribution in [-0.2, 0) is 4.79 Å². The Morgan fingerprint density at radius 2 is 2.15 bits per heavy atom. The van der Waals surface area contributed by atoms with Crippen molar-refractivity contribution >= 4 is 5.91 Å². The predicted octanol–water partition coefficient (Wildman–Crippen LogP) is 0.701. The van der Waals surface area contributed by atoms with Crippen molar-refractivity contribution in [1.29, 1.82) is 0 Å². The molecule has 2 aliphatic rings. The van der Waals surface area contributed by atoms with Crippen molar-refractivity contribution in [2.75, 3.05) is 19.6 Å². The van der Waals surface area contributed by atoms with Gasteiger partial charge >= 0.3 is 0 Å². The van der Waals surface area contributed by atoms with Crippen LogP contribution in [-0.4, -0.2) is 47.4 Å². The molecule has 3 heteroatoms. The van der Waals surface area contributed by atoms with Crippen LogP contribution in [0.4, 0.5) is 0 Å². The Morgan fingerprint density at radius 3 is 2.85 bits per heavy atom. The van der Waals surface area contributed by atoms with Gasteiger partial charge in [-0.15, -0.1) is 0 Å². The molecule has 74 valence electrons. The Morgan fingerprint density at radius 1 is 1.38 bits per heavy atom. The topological polar surface area (TPSA) is 23.6 Å². The van der Waals surface area contributed by atoms with Crippen molar-refractivity contribution in [1.82, 2.24) is 9.80 Å². The first-order valence-corrected chi connectivity index (χ1v) is 5.19. The SMILES string of the molecule is CC(=O)N1CC(C)N2CCCC2C1. The average Bonchev–Trinajstić information content (AvgIpc) is 2.51. The minimum Gasteiger partial charge on any atom is -0.340 e. The van der Waals surface area contributed by atoms with E-state index in [9.17, 15) is 4.79 Å². The van der Waals surface area contributed by atoms with Crippen molar-refractivity contribution in [2.24, 2.45) is 0 Å². The first-order valence-electron chi connectivity index (χ1n) is 5.19. The van der Waals surface area contributed by atoms with Gasteiger partial charge in [-0.2, -0.15) is 0 Å². The number of nitrogens with zero attached hydrogens (tertiary/aromatic N) is 2. The molecule has 0 N–H and O–H groups in total. The van der Waals surface area contributed by atoms with Crippen LogP contribution >= 0.6 is 0 Å². The summed E-state index contributed by atoms with van der Waals surface area (Å²) in [5.74, 6) is 0.235. The van der Waals surface area contributed by atoms with Gasteiger partial charge in [-0.25, -0.2) is 0 Å². The molecule has 0 aromatic rings. The number of rotatable bonds is 0. The van der Waals surface area contributed by atoms with Crippen LogP contribution in [0.5, 0.6) is 0 Å². The smallest absolute Gasteiger partial charge is 0.219 e. The van der Waals surface area contributed by atoms with Gasteiger partial charge in [0.2, 0.25) is 5.91 Å². The molecule has 2 aliphatic heterocycles. The average molecular weight is 182 g/mol. The number of fused-ring (bicyclic) bond motifs is 1. The molecule has 13 heavy (non-hydrogen) atoms. The van der Waals surface area contributed by atoms with Gasteiger partial charge in [0, 0.05) is 32.1 Å². The molecule has 2 heterocycles. The highest BCUT2D eigenvalue weighted by molar-refractivity contribution is 5.73. The Kier molecular flexibility index (Phi) is 2.28. The van der Waals surface area contributed by atoms with Crippen LogP contribution in [0.15, 0.2) is 0 Å². The third kappa shape index (κ3) is 1.57. The van der Waals surface area contributed by atoms with E-state index in [0.717, 1.165) is 13.1 Å². The summed E-state index contributed by atoms with van der Waals surface area (Å²) in [6.07, 6.45) is 2.58. The first kappa shape index (κ1) is 9.00. The summed E-state index contributed by atoms with van der Waals surface area (Å²) in [6, 6.07) is 1.21. The fourth-order valence-electron chi connectivity index (χ4n) is 2.64. The van der Waals surface area contributed by atoms with E-state index in [2.05, 4.69) is 11.8 Å². The van der Waals surface area contributed by atoms with Gasteiger partial charge in [-0.1, -0.05) is 0 Å². The van der Waals surface area contributed by atoms with Crippen LogP contribution in [0.2, 0.25) is 0 Å². The third-order valence-corrected chi connectivity index (χ3v) is 3.35. The lowest BCUT2D eigenvalue weighted by molar-refractivity contribution is -0.132. The number of amides is 1. The molecule has 0 radical (unpaired) electrons. The van der Waals surface area contributed by atoms with Gasteiger partial charge in [0.1, 0.15) is 0 Å². The van der Waals surface area contributed by atoms with E-state index >= 15 is 0 Å². The maximum absolute atomic E-state index is 11.2. The monoisotopic (exact) mass is 182 g/mol. The summed E-state index contributed by atoms with van der Waals surface area (Å²) < 4.78 is 0. The summed E-state index contributed by atoms with van der Waals surface area (Å²) in [5, 5.41) is 0. The quantitative estimate of drug-likeness (QED) is 0.550. The lowest BCUT2D eigenvalue weighted by Gasteiger charge is -2.41. The zero-order valence-electron chi connectivity index (χ0n) is 8.49. The van der Waals surface area contributed by atoms with Crippen molar-refractivity contribution in [3.8, 4) is 0 Å². The van der Waals surface area contributed by atoms with Gasteiger partial charge in [0.05, 0.1) is 0 Å². The second-order valence-electron chi connectivity index (χ2n) is 4.31. The molecule has 0 aromatic carbocycles. The Balaban J connectivity index is 2.05. The molecule has 2 unspecified atom stereocenters. The van der Waals surface area contributed by atoms with Gasteiger partial charge in [0.15, 0.2) is 0 Å². The van der Waals surface area contributed by atoms with Crippen LogP contribution < -0.4 is 0 Å². The van der Waals surface area contributed by atoms with E-state index in [1.165, 1.54) is 19.4 Å². The maximum Gasteiger partial charge on any atom is 0.219 e. The lowest BCUT2D eigenvalue weighted by Crippen LogP contribution is -2.56. The molecular formula is C10H18N2O. The number of hydrogen-bond donors (Lipinski definition) is 0. The largest absolute Gasteiger partial charge is 0.340 e. The fourth-order valence-corrected chi connectivity index (χ4v) is 2.64. The summed E-state index contributed by atoms with van der Waals surface area (Å²) in [7, 11) is 0. The Hall–Kier alpha value is -0.570. The van der Waals surface area contributed by atoms with Crippen LogP contribution in [0, 0.1) is 0 Å². The molecule has 1 amide bonds. The zero-order chi connectivity index (χ0) is 9.42. The van der Waals surface area contributed by atoms with Gasteiger partial charge in [-0.3, -0.25) is 9.69 Å². The van der Waals surface area contributed by atoms with E-state index < -0.39 is 0 Å². The molecule has 3 nitrogen and oxygen atoms in total. The molecular weight excluding hydrogens is 164 g/mol. The second-order valence-corrected chi connectivity index (χ2v) is 4.31. The minimum absolute atomic E-state index is 0.235. The van der Waals surface area contributed by atoms with Crippen LogP contribution in [0.1, 0.15) is 26.7 Å². The second kappa shape index (κ2) is 3.29. The molecule has 0 bridgehead atoms. The molecule has 0 aromatic heterocycles. The van der Waals surface area contributed by atoms with Gasteiger partial charge < -0.3 is 4.90 Å². The van der Waals surface area contributed by atoms with Crippen LogP contribution in [0.3, 0.4) is 0 Å². The Labute approximate surface area is 79.7 Å². The number of carbonyl (C=O) groups is 1. The molecule has 2 fully saturated rings. The highest BCUT2D eigenvalue weighted by Gasteiger charge is 2.35. The third-order valence-electron chi connectivity index (χ3n) is 3.35. The Bertz CT molecular complexity index is 217. The van der Waals surface area contributed by atoms with E-state index in [1.54, 1.807) is 6.92 Å². The van der Waals surface area contributed by atoms with Crippen LogP contribution in [0.25, 0.3) is 0 Å². The highest BCUT2D eigenvalue weighted by Crippen LogP contribution is 2.25. The number of piperazine rings is 1. The minimum atomic E-state index is 0.235. The lowest BCUT2D eigenvalue weighted by atomic mass is 10.1. The zero-order valence-corrected chi connectivity index (χ0v) is 8.49. The summed E-state index contributed by atoms with van der Waals surface area (Å²) in [4.78, 5) is 15.8. The summed E-state index contributed by atoms with van der Waals surface area (Å²) in [5.41, 5.74) is 0. The number of carbonyl (C=O) groups excluding carboxylic acids is 1. The molecule has 0 aliphatic carbocycles. The highest BCUT2D eigenvalue weighted by atomic mass is 16.2. The first-order chi connectivity index (χ1) is 6.18. The molecule has 0 saturated carbocycles. The van der Waals surface area contributed by atoms with Crippen molar-refractivity contribution in [3.05, 3.63) is 0 Å². The molecule has 2 saturated heterocycles. The van der Waals surface area contributed by atoms with E-state index in [-0.39, 0.29) is 5.91 Å². The van der Waals surface area contributed by atoms with Crippen molar-refractivity contribution in [2.45, 2.75) is 38.8 Å². The van der Waals surface area contributed by atoms with E-state index in [0.29, 0.717) is 12.1 Å². The normalized spacial score (nSPS) is 34.8. The molecule has 2 rings (SSSR count). The molecule has 2 atom stereocenters. The molecule has 0 spiro atoms. The maximum atomic E-state index is 11.2. The summed E-state index contributed by atoms with van der Waals surface area (Å²) in [6.45, 7) is 7.02. The summed E-state index contributed by atoms with van der Waals surface area (Å²) >= 11 is 0. The van der Waals surface area contributed by atoms with Gasteiger partial charge in [0.25, 0.3) is 0 Å². The predicted molar refractivity (Wildman–Crippen MR) is 51.4 cm³/mol. The van der Waals surface area contributed by atoms with Crippen molar-refractivity contribution in [3.63, 3.8) is 0 Å².